The first-order valence-corrected chi connectivity index (χ1v) is 8.52. The van der Waals surface area contributed by atoms with Crippen molar-refractivity contribution in [3.8, 4) is 0 Å². The average molecular weight is 375 g/mol. The van der Waals surface area contributed by atoms with Gasteiger partial charge >= 0.3 is 5.97 Å². The summed E-state index contributed by atoms with van der Waals surface area (Å²) >= 11 is 0. The van der Waals surface area contributed by atoms with Gasteiger partial charge in [-0.1, -0.05) is 6.07 Å². The summed E-state index contributed by atoms with van der Waals surface area (Å²) in [6, 6.07) is 10.5. The summed E-state index contributed by atoms with van der Waals surface area (Å²) in [6.07, 6.45) is 3.33. The van der Waals surface area contributed by atoms with Crippen molar-refractivity contribution in [2.45, 2.75) is 0 Å². The van der Waals surface area contributed by atoms with E-state index < -0.39 is 5.97 Å². The standard InChI is InChI=1S/C20H17N5O3/c1-25(2)19(26)11-4-3-5-12(8-11)22-17-13-6-7-21-10-15(13)14-9-16(20(27)28)23-18(14)24-17/h3-10H,1-2H3,(H,27,28)(H2,22,23,24). The Hall–Kier alpha value is -3.94. The van der Waals surface area contributed by atoms with Gasteiger partial charge in [0.15, 0.2) is 0 Å². The molecule has 0 aliphatic rings. The predicted molar refractivity (Wildman–Crippen MR) is 106 cm³/mol. The first kappa shape index (κ1) is 17.5. The molecule has 28 heavy (non-hydrogen) atoms. The van der Waals surface area contributed by atoms with Crippen LogP contribution in [0.5, 0.6) is 0 Å². The van der Waals surface area contributed by atoms with Crippen LogP contribution in [0.3, 0.4) is 0 Å². The third-order valence-corrected chi connectivity index (χ3v) is 4.40. The van der Waals surface area contributed by atoms with Crippen molar-refractivity contribution in [1.82, 2.24) is 19.9 Å². The molecular weight excluding hydrogens is 358 g/mol. The zero-order chi connectivity index (χ0) is 19.8. The van der Waals surface area contributed by atoms with Crippen LogP contribution in [0, 0.1) is 0 Å². The molecule has 0 fully saturated rings. The lowest BCUT2D eigenvalue weighted by Crippen LogP contribution is -2.21. The maximum absolute atomic E-state index is 12.2. The number of carboxylic acid groups (broad SMARTS) is 1. The molecule has 3 heterocycles. The van der Waals surface area contributed by atoms with Gasteiger partial charge in [0.2, 0.25) is 0 Å². The Morgan fingerprint density at radius 3 is 2.68 bits per heavy atom. The van der Waals surface area contributed by atoms with Gasteiger partial charge in [-0.2, -0.15) is 0 Å². The number of aromatic nitrogens is 3. The number of benzene rings is 1. The molecule has 0 aliphatic heterocycles. The van der Waals surface area contributed by atoms with Crippen LogP contribution < -0.4 is 5.32 Å². The van der Waals surface area contributed by atoms with E-state index in [1.54, 1.807) is 50.8 Å². The molecule has 4 rings (SSSR count). The highest BCUT2D eigenvalue weighted by Gasteiger charge is 2.15. The minimum absolute atomic E-state index is 0.0587. The van der Waals surface area contributed by atoms with Crippen molar-refractivity contribution >= 4 is 45.2 Å². The highest BCUT2D eigenvalue weighted by molar-refractivity contribution is 6.11. The van der Waals surface area contributed by atoms with Crippen molar-refractivity contribution < 1.29 is 14.7 Å². The molecule has 8 heteroatoms. The van der Waals surface area contributed by atoms with Gasteiger partial charge in [0.25, 0.3) is 5.91 Å². The fourth-order valence-corrected chi connectivity index (χ4v) is 3.06. The van der Waals surface area contributed by atoms with Crippen LogP contribution in [0.4, 0.5) is 11.5 Å². The number of aromatic carboxylic acids is 1. The number of carboxylic acids is 1. The molecule has 0 aliphatic carbocycles. The van der Waals surface area contributed by atoms with Gasteiger partial charge in [-0.05, 0) is 30.3 Å². The van der Waals surface area contributed by atoms with Crippen LogP contribution in [0.1, 0.15) is 20.8 Å². The number of nitrogens with one attached hydrogen (secondary N) is 2. The van der Waals surface area contributed by atoms with E-state index >= 15 is 0 Å². The van der Waals surface area contributed by atoms with Crippen molar-refractivity contribution in [3.63, 3.8) is 0 Å². The predicted octanol–water partition coefficient (Wildman–Crippen LogP) is 3.25. The van der Waals surface area contributed by atoms with E-state index in [4.69, 9.17) is 0 Å². The summed E-state index contributed by atoms with van der Waals surface area (Å²) in [5.74, 6) is -0.617. The number of hydrogen-bond acceptors (Lipinski definition) is 5. The normalized spacial score (nSPS) is 10.9. The smallest absolute Gasteiger partial charge is 0.352 e. The Bertz CT molecular complexity index is 1230. The first-order valence-electron chi connectivity index (χ1n) is 8.52. The Kier molecular flexibility index (Phi) is 4.15. The number of fused-ring (bicyclic) bond motifs is 3. The molecule has 0 radical (unpaired) electrons. The summed E-state index contributed by atoms with van der Waals surface area (Å²) in [4.78, 5) is 36.6. The van der Waals surface area contributed by atoms with Gasteiger partial charge in [-0.3, -0.25) is 9.78 Å². The third-order valence-electron chi connectivity index (χ3n) is 4.40. The molecule has 0 spiro atoms. The Morgan fingerprint density at radius 1 is 1.11 bits per heavy atom. The number of carbonyl (C=O) groups is 2. The number of amides is 1. The topological polar surface area (TPSA) is 111 Å². The molecule has 140 valence electrons. The molecule has 0 bridgehead atoms. The molecule has 0 atom stereocenters. The summed E-state index contributed by atoms with van der Waals surface area (Å²) < 4.78 is 0. The number of aromatic amines is 1. The number of carbonyl (C=O) groups excluding carboxylic acids is 1. The van der Waals surface area contributed by atoms with E-state index in [0.29, 0.717) is 28.1 Å². The van der Waals surface area contributed by atoms with Crippen molar-refractivity contribution in [3.05, 3.63) is 60.0 Å². The van der Waals surface area contributed by atoms with Crippen molar-refractivity contribution in [2.24, 2.45) is 0 Å². The minimum Gasteiger partial charge on any atom is -0.477 e. The third kappa shape index (κ3) is 3.01. The molecule has 0 saturated carbocycles. The quantitative estimate of drug-likeness (QED) is 0.505. The van der Waals surface area contributed by atoms with E-state index in [1.807, 2.05) is 12.1 Å². The fourth-order valence-electron chi connectivity index (χ4n) is 3.06. The van der Waals surface area contributed by atoms with Crippen LogP contribution in [0.2, 0.25) is 0 Å². The molecule has 1 amide bonds. The van der Waals surface area contributed by atoms with E-state index in [9.17, 15) is 14.7 Å². The number of hydrogen-bond donors (Lipinski definition) is 3. The largest absolute Gasteiger partial charge is 0.477 e. The molecule has 4 aromatic rings. The number of anilines is 2. The van der Waals surface area contributed by atoms with E-state index in [2.05, 4.69) is 20.3 Å². The summed E-state index contributed by atoms with van der Waals surface area (Å²) in [5.41, 5.74) is 1.75. The van der Waals surface area contributed by atoms with Gasteiger partial charge < -0.3 is 20.3 Å². The zero-order valence-corrected chi connectivity index (χ0v) is 15.2. The summed E-state index contributed by atoms with van der Waals surface area (Å²) in [6.45, 7) is 0. The van der Waals surface area contributed by atoms with E-state index in [-0.39, 0.29) is 11.6 Å². The number of rotatable bonds is 4. The highest BCUT2D eigenvalue weighted by atomic mass is 16.4. The van der Waals surface area contributed by atoms with Crippen LogP contribution in [0.15, 0.2) is 48.8 Å². The van der Waals surface area contributed by atoms with Crippen LogP contribution in [-0.4, -0.2) is 50.9 Å². The molecular formula is C20H17N5O3. The Labute approximate surface area is 159 Å². The molecule has 0 unspecified atom stereocenters. The van der Waals surface area contributed by atoms with E-state index in [0.717, 1.165) is 10.8 Å². The summed E-state index contributed by atoms with van der Waals surface area (Å²) in [5, 5.41) is 14.8. The average Bonchev–Trinajstić information content (AvgIpc) is 3.12. The number of pyridine rings is 2. The van der Waals surface area contributed by atoms with Crippen LogP contribution in [-0.2, 0) is 0 Å². The molecule has 3 N–H and O–H groups in total. The van der Waals surface area contributed by atoms with E-state index in [1.165, 1.54) is 4.90 Å². The van der Waals surface area contributed by atoms with Crippen molar-refractivity contribution in [2.75, 3.05) is 19.4 Å². The number of nitrogens with zero attached hydrogens (tertiary/aromatic N) is 3. The minimum atomic E-state index is -1.06. The van der Waals surface area contributed by atoms with Gasteiger partial charge in [-0.25, -0.2) is 9.78 Å². The fraction of sp³-hybridized carbons (Fsp3) is 0.100. The second kappa shape index (κ2) is 6.66. The van der Waals surface area contributed by atoms with Crippen LogP contribution in [0.25, 0.3) is 21.8 Å². The molecule has 3 aromatic heterocycles. The lowest BCUT2D eigenvalue weighted by molar-refractivity contribution is 0.0691. The maximum atomic E-state index is 12.2. The van der Waals surface area contributed by atoms with Crippen molar-refractivity contribution in [1.29, 1.82) is 0 Å². The highest BCUT2D eigenvalue weighted by Crippen LogP contribution is 2.31. The Morgan fingerprint density at radius 2 is 1.93 bits per heavy atom. The SMILES string of the molecule is CN(C)C(=O)c1cccc(Nc2nc3[nH]c(C(=O)O)cc3c3cnccc23)c1. The Balaban J connectivity index is 1.83. The number of H-pyrrole nitrogens is 1. The van der Waals surface area contributed by atoms with Gasteiger partial charge in [-0.15, -0.1) is 0 Å². The second-order valence-electron chi connectivity index (χ2n) is 6.54. The maximum Gasteiger partial charge on any atom is 0.352 e. The molecule has 0 saturated heterocycles. The first-order chi connectivity index (χ1) is 13.4. The zero-order valence-electron chi connectivity index (χ0n) is 15.2. The van der Waals surface area contributed by atoms with Crippen LogP contribution >= 0.6 is 0 Å². The molecule has 8 nitrogen and oxygen atoms in total. The monoisotopic (exact) mass is 375 g/mol. The molecule has 1 aromatic carbocycles. The summed E-state index contributed by atoms with van der Waals surface area (Å²) in [7, 11) is 3.40. The lowest BCUT2D eigenvalue weighted by atomic mass is 10.1. The van der Waals surface area contributed by atoms with Gasteiger partial charge in [0, 0.05) is 53.9 Å². The van der Waals surface area contributed by atoms with Gasteiger partial charge in [0.05, 0.1) is 0 Å². The van der Waals surface area contributed by atoms with Gasteiger partial charge in [0.1, 0.15) is 17.2 Å². The lowest BCUT2D eigenvalue weighted by Gasteiger charge is -2.13. The second-order valence-corrected chi connectivity index (χ2v) is 6.54.